The van der Waals surface area contributed by atoms with E-state index in [0.717, 1.165) is 15.8 Å². The van der Waals surface area contributed by atoms with Gasteiger partial charge in [-0.1, -0.05) is 28.1 Å². The molecule has 2 aromatic carbocycles. The molecule has 0 saturated carbocycles. The molecule has 0 saturated heterocycles. The number of halogens is 1. The fourth-order valence-corrected chi connectivity index (χ4v) is 2.69. The number of ether oxygens (including phenoxy) is 1. The van der Waals surface area contributed by atoms with Gasteiger partial charge in [-0.05, 0) is 35.9 Å². The quantitative estimate of drug-likeness (QED) is 0.802. The highest BCUT2D eigenvalue weighted by molar-refractivity contribution is 9.10. The van der Waals surface area contributed by atoms with Crippen molar-refractivity contribution in [2.75, 3.05) is 12.0 Å². The topological polar surface area (TPSA) is 46.6 Å². The monoisotopic (exact) mass is 345 g/mol. The summed E-state index contributed by atoms with van der Waals surface area (Å²) in [5.74, 6) is -0.185. The van der Waals surface area contributed by atoms with Gasteiger partial charge in [0.1, 0.15) is 5.75 Å². The van der Waals surface area contributed by atoms with Crippen LogP contribution in [0.1, 0.15) is 15.9 Å². The molecular weight excluding hydrogens is 334 g/mol. The Balaban J connectivity index is 1.93. The molecule has 21 heavy (non-hydrogen) atoms. The van der Waals surface area contributed by atoms with E-state index in [1.54, 1.807) is 25.3 Å². The minimum absolute atomic E-state index is 0.359. The number of ketones is 1. The van der Waals surface area contributed by atoms with Crippen molar-refractivity contribution < 1.29 is 14.3 Å². The first kappa shape index (κ1) is 13.8. The maximum atomic E-state index is 12.1. The molecule has 3 rings (SSSR count). The van der Waals surface area contributed by atoms with Gasteiger partial charge in [-0.3, -0.25) is 9.59 Å². The number of hydrogen-bond acceptors (Lipinski definition) is 3. The van der Waals surface area contributed by atoms with Crippen molar-refractivity contribution in [2.45, 2.75) is 6.54 Å². The number of rotatable bonds is 3. The van der Waals surface area contributed by atoms with E-state index in [-0.39, 0.29) is 0 Å². The van der Waals surface area contributed by atoms with Gasteiger partial charge < -0.3 is 9.64 Å². The minimum Gasteiger partial charge on any atom is -0.497 e. The molecule has 0 aliphatic carbocycles. The maximum Gasteiger partial charge on any atom is 0.299 e. The summed E-state index contributed by atoms with van der Waals surface area (Å²) < 4.78 is 5.95. The molecule has 0 aromatic heterocycles. The lowest BCUT2D eigenvalue weighted by atomic mass is 10.1. The van der Waals surface area contributed by atoms with E-state index in [2.05, 4.69) is 15.9 Å². The molecule has 0 radical (unpaired) electrons. The lowest BCUT2D eigenvalue weighted by Gasteiger charge is -2.17. The zero-order valence-corrected chi connectivity index (χ0v) is 12.9. The fraction of sp³-hybridized carbons (Fsp3) is 0.125. The van der Waals surface area contributed by atoms with Gasteiger partial charge >= 0.3 is 0 Å². The Bertz CT molecular complexity index is 725. The summed E-state index contributed by atoms with van der Waals surface area (Å²) in [5.41, 5.74) is 2.04. The molecular formula is C16H12BrNO3. The smallest absolute Gasteiger partial charge is 0.299 e. The van der Waals surface area contributed by atoms with Crippen LogP contribution >= 0.6 is 15.9 Å². The van der Waals surface area contributed by atoms with Crippen LogP contribution in [0.3, 0.4) is 0 Å². The van der Waals surface area contributed by atoms with E-state index in [0.29, 0.717) is 17.8 Å². The molecule has 0 atom stereocenters. The fourth-order valence-electron chi connectivity index (χ4n) is 2.34. The first-order valence-corrected chi connectivity index (χ1v) is 7.18. The molecule has 2 aromatic rings. The van der Waals surface area contributed by atoms with Crippen LogP contribution in [-0.2, 0) is 11.3 Å². The van der Waals surface area contributed by atoms with Crippen molar-refractivity contribution in [3.05, 3.63) is 58.1 Å². The van der Waals surface area contributed by atoms with Crippen molar-refractivity contribution >= 4 is 33.3 Å². The third-order valence-electron chi connectivity index (χ3n) is 3.43. The zero-order valence-electron chi connectivity index (χ0n) is 11.3. The van der Waals surface area contributed by atoms with Crippen molar-refractivity contribution in [1.82, 2.24) is 0 Å². The van der Waals surface area contributed by atoms with Gasteiger partial charge in [-0.25, -0.2) is 0 Å². The van der Waals surface area contributed by atoms with E-state index in [9.17, 15) is 9.59 Å². The zero-order chi connectivity index (χ0) is 15.0. The summed E-state index contributed by atoms with van der Waals surface area (Å²) in [4.78, 5) is 25.6. The molecule has 0 fully saturated rings. The van der Waals surface area contributed by atoms with E-state index < -0.39 is 11.7 Å². The van der Waals surface area contributed by atoms with Crippen LogP contribution in [0.25, 0.3) is 0 Å². The summed E-state index contributed by atoms with van der Waals surface area (Å²) in [6.07, 6.45) is 0. The lowest BCUT2D eigenvalue weighted by Crippen LogP contribution is -2.29. The molecule has 0 unspecified atom stereocenters. The van der Waals surface area contributed by atoms with Gasteiger partial charge in [-0.2, -0.15) is 0 Å². The average Bonchev–Trinajstić information content (AvgIpc) is 2.73. The number of anilines is 1. The Labute approximate surface area is 130 Å². The van der Waals surface area contributed by atoms with Gasteiger partial charge in [0.2, 0.25) is 0 Å². The second-order valence-corrected chi connectivity index (χ2v) is 5.65. The number of hydrogen-bond donors (Lipinski definition) is 0. The van der Waals surface area contributed by atoms with Crippen molar-refractivity contribution in [3.63, 3.8) is 0 Å². The third kappa shape index (κ3) is 2.45. The SMILES string of the molecule is COc1ccc(CN2C(=O)C(=O)c3ccc(Br)cc32)cc1. The number of nitrogens with zero attached hydrogens (tertiary/aromatic N) is 1. The van der Waals surface area contributed by atoms with Gasteiger partial charge in [0.25, 0.3) is 11.7 Å². The number of carbonyl (C=O) groups excluding carboxylic acids is 2. The van der Waals surface area contributed by atoms with Gasteiger partial charge in [0.05, 0.1) is 24.9 Å². The molecule has 0 spiro atoms. The second-order valence-electron chi connectivity index (χ2n) is 4.73. The van der Waals surface area contributed by atoms with Crippen molar-refractivity contribution in [2.24, 2.45) is 0 Å². The standard InChI is InChI=1S/C16H12BrNO3/c1-21-12-5-2-10(3-6-12)9-18-14-8-11(17)4-7-13(14)15(19)16(18)20/h2-8H,9H2,1H3. The van der Waals surface area contributed by atoms with Crippen LogP contribution in [0.15, 0.2) is 46.9 Å². The first-order valence-electron chi connectivity index (χ1n) is 6.39. The summed E-state index contributed by atoms with van der Waals surface area (Å²) in [7, 11) is 1.60. The highest BCUT2D eigenvalue weighted by Gasteiger charge is 2.35. The summed E-state index contributed by atoms with van der Waals surface area (Å²) >= 11 is 3.37. The molecule has 1 heterocycles. The molecule has 0 bridgehead atoms. The van der Waals surface area contributed by atoms with Crippen molar-refractivity contribution in [3.8, 4) is 5.75 Å². The Morgan fingerprint density at radius 3 is 2.48 bits per heavy atom. The van der Waals surface area contributed by atoms with E-state index in [1.807, 2.05) is 24.3 Å². The number of carbonyl (C=O) groups is 2. The average molecular weight is 346 g/mol. The summed E-state index contributed by atoms with van der Waals surface area (Å²) in [6.45, 7) is 0.359. The van der Waals surface area contributed by atoms with Gasteiger partial charge in [-0.15, -0.1) is 0 Å². The van der Waals surface area contributed by atoms with Crippen molar-refractivity contribution in [1.29, 1.82) is 0 Å². The van der Waals surface area contributed by atoms with Crippen LogP contribution in [0, 0.1) is 0 Å². The van der Waals surface area contributed by atoms with Crippen LogP contribution in [0.5, 0.6) is 5.75 Å². The molecule has 1 aliphatic rings. The second kappa shape index (κ2) is 5.33. The van der Waals surface area contributed by atoms with E-state index in [4.69, 9.17) is 4.74 Å². The predicted molar refractivity (Wildman–Crippen MR) is 82.7 cm³/mol. The normalized spacial score (nSPS) is 13.5. The molecule has 1 amide bonds. The first-order chi connectivity index (χ1) is 10.1. The lowest BCUT2D eigenvalue weighted by molar-refractivity contribution is -0.114. The molecule has 5 heteroatoms. The molecule has 106 valence electrons. The largest absolute Gasteiger partial charge is 0.497 e. The highest BCUT2D eigenvalue weighted by atomic mass is 79.9. The van der Waals surface area contributed by atoms with Crippen LogP contribution < -0.4 is 9.64 Å². The Morgan fingerprint density at radius 1 is 1.10 bits per heavy atom. The predicted octanol–water partition coefficient (Wildman–Crippen LogP) is 3.19. The number of benzene rings is 2. The van der Waals surface area contributed by atoms with Gasteiger partial charge in [0.15, 0.2) is 0 Å². The van der Waals surface area contributed by atoms with Crippen LogP contribution in [-0.4, -0.2) is 18.8 Å². The van der Waals surface area contributed by atoms with E-state index in [1.165, 1.54) is 4.90 Å². The number of amides is 1. The maximum absolute atomic E-state index is 12.1. The Hall–Kier alpha value is -2.14. The molecule has 1 aliphatic heterocycles. The van der Waals surface area contributed by atoms with Gasteiger partial charge in [0, 0.05) is 4.47 Å². The minimum atomic E-state index is -0.487. The number of fused-ring (bicyclic) bond motifs is 1. The Morgan fingerprint density at radius 2 is 1.81 bits per heavy atom. The van der Waals surface area contributed by atoms with E-state index >= 15 is 0 Å². The third-order valence-corrected chi connectivity index (χ3v) is 3.93. The summed E-state index contributed by atoms with van der Waals surface area (Å²) in [6, 6.07) is 12.7. The summed E-state index contributed by atoms with van der Waals surface area (Å²) in [5, 5.41) is 0. The highest BCUT2D eigenvalue weighted by Crippen LogP contribution is 2.32. The van der Waals surface area contributed by atoms with Crippen LogP contribution in [0.4, 0.5) is 5.69 Å². The Kier molecular flexibility index (Phi) is 3.51. The number of methoxy groups -OCH3 is 1. The molecule has 0 N–H and O–H groups in total. The number of Topliss-reactive ketones (excluding diaryl/α,β-unsaturated/α-hetero) is 1. The molecule has 4 nitrogen and oxygen atoms in total. The van der Waals surface area contributed by atoms with Crippen LogP contribution in [0.2, 0.25) is 0 Å².